The molecule has 2 rings (SSSR count). The Balaban J connectivity index is 2.80. The molecular weight excluding hydrogens is 206 g/mol. The smallest absolute Gasteiger partial charge is 0.335 e. The summed E-state index contributed by atoms with van der Waals surface area (Å²) in [7, 11) is 0. The third kappa shape index (κ3) is 1.24. The minimum atomic E-state index is -1.04. The molecule has 1 aromatic carbocycles. The van der Waals surface area contributed by atoms with Gasteiger partial charge in [-0.05, 0) is 19.1 Å². The molecule has 0 aliphatic heterocycles. The first kappa shape index (κ1) is 9.02. The highest BCUT2D eigenvalue weighted by atomic mass is 35.5. The number of benzene rings is 1. The average Bonchev–Trinajstić information content (AvgIpc) is 2.48. The molecule has 0 fully saturated rings. The minimum absolute atomic E-state index is 0.0960. The summed E-state index contributed by atoms with van der Waals surface area (Å²) in [6, 6.07) is 2.79. The van der Waals surface area contributed by atoms with Gasteiger partial charge in [-0.1, -0.05) is 16.8 Å². The van der Waals surface area contributed by atoms with Gasteiger partial charge in [0, 0.05) is 0 Å². The molecule has 1 aromatic heterocycles. The van der Waals surface area contributed by atoms with E-state index in [1.165, 1.54) is 12.1 Å². The van der Waals surface area contributed by atoms with Gasteiger partial charge >= 0.3 is 5.97 Å². The van der Waals surface area contributed by atoms with Gasteiger partial charge in [0.2, 0.25) is 0 Å². The maximum Gasteiger partial charge on any atom is 0.335 e. The quantitative estimate of drug-likeness (QED) is 0.787. The first-order valence-electron chi connectivity index (χ1n) is 3.88. The number of fused-ring (bicyclic) bond motifs is 1. The zero-order valence-electron chi connectivity index (χ0n) is 7.24. The van der Waals surface area contributed by atoms with Crippen LogP contribution < -0.4 is 0 Å². The van der Waals surface area contributed by atoms with Crippen LogP contribution in [0, 0.1) is 6.92 Å². The molecule has 14 heavy (non-hydrogen) atoms. The van der Waals surface area contributed by atoms with Gasteiger partial charge in [-0.15, -0.1) is 0 Å². The molecule has 0 bridgehead atoms. The van der Waals surface area contributed by atoms with Gasteiger partial charge < -0.3 is 9.63 Å². The fourth-order valence-corrected chi connectivity index (χ4v) is 1.64. The summed E-state index contributed by atoms with van der Waals surface area (Å²) in [5, 5.41) is 13.5. The lowest BCUT2D eigenvalue weighted by atomic mass is 10.1. The first-order valence-corrected chi connectivity index (χ1v) is 4.26. The maximum absolute atomic E-state index is 10.7. The number of aromatic carboxylic acids is 1. The maximum atomic E-state index is 10.7. The van der Waals surface area contributed by atoms with Crippen molar-refractivity contribution in [3.63, 3.8) is 0 Å². The Hall–Kier alpha value is -1.55. The summed E-state index contributed by atoms with van der Waals surface area (Å²) in [5.74, 6) is -1.04. The van der Waals surface area contributed by atoms with Crippen molar-refractivity contribution in [1.82, 2.24) is 5.16 Å². The lowest BCUT2D eigenvalue weighted by molar-refractivity contribution is 0.0697. The number of carboxylic acid groups (broad SMARTS) is 1. The Bertz CT molecular complexity index is 518. The molecule has 0 spiro atoms. The lowest BCUT2D eigenvalue weighted by Gasteiger charge is -1.96. The van der Waals surface area contributed by atoms with Crippen LogP contribution in [0.15, 0.2) is 16.7 Å². The summed E-state index contributed by atoms with van der Waals surface area (Å²) in [6.07, 6.45) is 0. The standard InChI is InChI=1S/C9H6ClNO3/c1-4-8-6(10)2-5(9(12)13)3-7(8)14-11-4/h2-3H,1H3,(H,12,13). The molecule has 1 N–H and O–H groups in total. The van der Waals surface area contributed by atoms with Crippen LogP contribution >= 0.6 is 11.6 Å². The highest BCUT2D eigenvalue weighted by molar-refractivity contribution is 6.36. The van der Waals surface area contributed by atoms with Crippen molar-refractivity contribution in [2.45, 2.75) is 6.92 Å². The van der Waals surface area contributed by atoms with Gasteiger partial charge in [0.1, 0.15) is 0 Å². The summed E-state index contributed by atoms with van der Waals surface area (Å²) in [5.41, 5.74) is 1.15. The third-order valence-corrected chi connectivity index (χ3v) is 2.24. The number of aromatic nitrogens is 1. The van der Waals surface area contributed by atoms with Crippen LogP contribution in [0.4, 0.5) is 0 Å². The third-order valence-electron chi connectivity index (χ3n) is 1.94. The summed E-state index contributed by atoms with van der Waals surface area (Å²) in [4.78, 5) is 10.7. The van der Waals surface area contributed by atoms with Crippen molar-refractivity contribution in [2.75, 3.05) is 0 Å². The number of carbonyl (C=O) groups is 1. The Morgan fingerprint density at radius 1 is 1.57 bits per heavy atom. The molecule has 0 saturated carbocycles. The number of halogens is 1. The van der Waals surface area contributed by atoms with Gasteiger partial charge in [0.05, 0.1) is 21.7 Å². The molecule has 5 heteroatoms. The van der Waals surface area contributed by atoms with E-state index in [2.05, 4.69) is 5.16 Å². The molecular formula is C9H6ClNO3. The second-order valence-electron chi connectivity index (χ2n) is 2.90. The van der Waals surface area contributed by atoms with Crippen LogP contribution in [0.5, 0.6) is 0 Å². The molecule has 0 unspecified atom stereocenters. The molecule has 0 radical (unpaired) electrons. The topological polar surface area (TPSA) is 63.3 Å². The SMILES string of the molecule is Cc1noc2cc(C(=O)O)cc(Cl)c12. The number of hydrogen-bond acceptors (Lipinski definition) is 3. The molecule has 72 valence electrons. The zero-order chi connectivity index (χ0) is 10.3. The first-order chi connectivity index (χ1) is 6.59. The molecule has 0 aliphatic carbocycles. The van der Waals surface area contributed by atoms with Gasteiger partial charge in [-0.2, -0.15) is 0 Å². The number of rotatable bonds is 1. The van der Waals surface area contributed by atoms with Crippen LogP contribution in [-0.4, -0.2) is 16.2 Å². The van der Waals surface area contributed by atoms with Crippen molar-refractivity contribution < 1.29 is 14.4 Å². The normalized spacial score (nSPS) is 10.7. The largest absolute Gasteiger partial charge is 0.478 e. The predicted molar refractivity (Wildman–Crippen MR) is 50.7 cm³/mol. The van der Waals surface area contributed by atoms with Crippen molar-refractivity contribution in [1.29, 1.82) is 0 Å². The fraction of sp³-hybridized carbons (Fsp3) is 0.111. The molecule has 1 heterocycles. The van der Waals surface area contributed by atoms with Crippen LogP contribution in [-0.2, 0) is 0 Å². The van der Waals surface area contributed by atoms with E-state index in [0.717, 1.165) is 0 Å². The van der Waals surface area contributed by atoms with Crippen molar-refractivity contribution in [3.05, 3.63) is 28.4 Å². The molecule has 0 saturated heterocycles. The molecule has 0 aliphatic rings. The Kier molecular flexibility index (Phi) is 1.93. The summed E-state index contributed by atoms with van der Waals surface area (Å²) in [6.45, 7) is 1.75. The summed E-state index contributed by atoms with van der Waals surface area (Å²) < 4.78 is 4.92. The van der Waals surface area contributed by atoms with E-state index in [0.29, 0.717) is 21.7 Å². The van der Waals surface area contributed by atoms with E-state index >= 15 is 0 Å². The highest BCUT2D eigenvalue weighted by Gasteiger charge is 2.13. The molecule has 0 amide bonds. The second kappa shape index (κ2) is 2.99. The van der Waals surface area contributed by atoms with Crippen LogP contribution in [0.1, 0.15) is 16.1 Å². The molecule has 2 aromatic rings. The van der Waals surface area contributed by atoms with E-state index < -0.39 is 5.97 Å². The zero-order valence-corrected chi connectivity index (χ0v) is 8.00. The van der Waals surface area contributed by atoms with Crippen LogP contribution in [0.2, 0.25) is 5.02 Å². The number of nitrogens with zero attached hydrogens (tertiary/aromatic N) is 1. The van der Waals surface area contributed by atoms with Gasteiger partial charge in [0.15, 0.2) is 5.58 Å². The van der Waals surface area contributed by atoms with E-state index in [-0.39, 0.29) is 5.56 Å². The van der Waals surface area contributed by atoms with E-state index in [4.69, 9.17) is 21.2 Å². The predicted octanol–water partition coefficient (Wildman–Crippen LogP) is 2.49. The van der Waals surface area contributed by atoms with Crippen LogP contribution in [0.3, 0.4) is 0 Å². The van der Waals surface area contributed by atoms with Crippen LogP contribution in [0.25, 0.3) is 11.0 Å². The Morgan fingerprint density at radius 2 is 2.29 bits per heavy atom. The van der Waals surface area contributed by atoms with Crippen molar-refractivity contribution in [3.8, 4) is 0 Å². The number of hydrogen-bond donors (Lipinski definition) is 1. The Morgan fingerprint density at radius 3 is 2.93 bits per heavy atom. The second-order valence-corrected chi connectivity index (χ2v) is 3.31. The van der Waals surface area contributed by atoms with Crippen molar-refractivity contribution in [2.24, 2.45) is 0 Å². The molecule has 4 nitrogen and oxygen atoms in total. The lowest BCUT2D eigenvalue weighted by Crippen LogP contribution is -1.95. The fourth-order valence-electron chi connectivity index (χ4n) is 1.29. The van der Waals surface area contributed by atoms with E-state index in [1.807, 2.05) is 0 Å². The molecule has 0 atom stereocenters. The van der Waals surface area contributed by atoms with Gasteiger partial charge in [-0.3, -0.25) is 0 Å². The average molecular weight is 212 g/mol. The number of aryl methyl sites for hydroxylation is 1. The monoisotopic (exact) mass is 211 g/mol. The van der Waals surface area contributed by atoms with E-state index in [9.17, 15) is 4.79 Å². The number of carboxylic acids is 1. The Labute approximate surface area is 84.1 Å². The summed E-state index contributed by atoms with van der Waals surface area (Å²) >= 11 is 5.89. The van der Waals surface area contributed by atoms with Gasteiger partial charge in [-0.25, -0.2) is 4.79 Å². The van der Waals surface area contributed by atoms with E-state index in [1.54, 1.807) is 6.92 Å². The highest BCUT2D eigenvalue weighted by Crippen LogP contribution is 2.27. The van der Waals surface area contributed by atoms with Gasteiger partial charge in [0.25, 0.3) is 0 Å². The minimum Gasteiger partial charge on any atom is -0.478 e. The van der Waals surface area contributed by atoms with Crippen molar-refractivity contribution >= 4 is 28.5 Å².